The summed E-state index contributed by atoms with van der Waals surface area (Å²) in [5.74, 6) is 2.40. The second kappa shape index (κ2) is 6.50. The zero-order chi connectivity index (χ0) is 9.52. The van der Waals surface area contributed by atoms with Crippen molar-refractivity contribution < 1.29 is 0 Å². The van der Waals surface area contributed by atoms with Crippen LogP contribution in [0.1, 0.15) is 25.3 Å². The fraction of sp³-hybridized carbons (Fsp3) is 0.455. The highest BCUT2D eigenvalue weighted by Crippen LogP contribution is 2.21. The first kappa shape index (κ1) is 11.1. The Bertz CT molecular complexity index is 248. The lowest BCUT2D eigenvalue weighted by Gasteiger charge is -2.03. The molecule has 72 valence electrons. The van der Waals surface area contributed by atoms with Crippen molar-refractivity contribution >= 4 is 27.7 Å². The van der Waals surface area contributed by atoms with Gasteiger partial charge in [0.15, 0.2) is 0 Å². The smallest absolute Gasteiger partial charge is 0.0215 e. The van der Waals surface area contributed by atoms with Crippen molar-refractivity contribution in [2.45, 2.75) is 25.5 Å². The van der Waals surface area contributed by atoms with Crippen molar-refractivity contribution in [1.82, 2.24) is 0 Å². The van der Waals surface area contributed by atoms with Gasteiger partial charge in [0, 0.05) is 10.2 Å². The Kier molecular flexibility index (Phi) is 5.56. The third-order valence-electron chi connectivity index (χ3n) is 1.86. The van der Waals surface area contributed by atoms with E-state index in [2.05, 4.69) is 47.1 Å². The third-order valence-corrected chi connectivity index (χ3v) is 3.72. The highest BCUT2D eigenvalue weighted by Gasteiger charge is 1.97. The second-order valence-corrected chi connectivity index (χ2v) is 4.96. The summed E-state index contributed by atoms with van der Waals surface area (Å²) in [4.78, 5) is 0. The summed E-state index contributed by atoms with van der Waals surface area (Å²) in [6.45, 7) is 2.24. The molecule has 0 aromatic heterocycles. The molecule has 0 unspecified atom stereocenters. The number of benzene rings is 1. The minimum Gasteiger partial charge on any atom is -0.157 e. The zero-order valence-corrected chi connectivity index (χ0v) is 10.3. The van der Waals surface area contributed by atoms with Crippen LogP contribution in [0.3, 0.4) is 0 Å². The number of unbranched alkanes of at least 4 members (excludes halogenated alkanes) is 1. The number of rotatable bonds is 5. The molecule has 0 saturated heterocycles. The van der Waals surface area contributed by atoms with E-state index in [1.54, 1.807) is 0 Å². The summed E-state index contributed by atoms with van der Waals surface area (Å²) in [6, 6.07) is 8.45. The van der Waals surface area contributed by atoms with Gasteiger partial charge in [0.2, 0.25) is 0 Å². The van der Waals surface area contributed by atoms with Crippen LogP contribution < -0.4 is 0 Å². The van der Waals surface area contributed by atoms with Crippen LogP contribution in [0, 0.1) is 0 Å². The van der Waals surface area contributed by atoms with Crippen LogP contribution in [0.2, 0.25) is 0 Å². The summed E-state index contributed by atoms with van der Waals surface area (Å²) in [5.41, 5.74) is 1.41. The van der Waals surface area contributed by atoms with E-state index in [0.29, 0.717) is 0 Å². The van der Waals surface area contributed by atoms with Crippen molar-refractivity contribution in [2.75, 3.05) is 5.75 Å². The van der Waals surface area contributed by atoms with Crippen molar-refractivity contribution in [3.05, 3.63) is 34.3 Å². The minimum atomic E-state index is 1.13. The van der Waals surface area contributed by atoms with Crippen LogP contribution in [-0.4, -0.2) is 5.75 Å². The van der Waals surface area contributed by atoms with Crippen LogP contribution in [-0.2, 0) is 5.75 Å². The number of hydrogen-bond donors (Lipinski definition) is 0. The number of thioether (sulfide) groups is 1. The Morgan fingerprint density at radius 2 is 2.08 bits per heavy atom. The molecule has 0 spiro atoms. The summed E-state index contributed by atoms with van der Waals surface area (Å²) in [5, 5.41) is 0. The molecule has 0 N–H and O–H groups in total. The SMILES string of the molecule is CCCCSCc1ccccc1Br. The Morgan fingerprint density at radius 3 is 2.77 bits per heavy atom. The summed E-state index contributed by atoms with van der Waals surface area (Å²) in [7, 11) is 0. The van der Waals surface area contributed by atoms with Gasteiger partial charge in [-0.1, -0.05) is 47.5 Å². The molecule has 0 bridgehead atoms. The Balaban J connectivity index is 2.32. The number of hydrogen-bond acceptors (Lipinski definition) is 1. The standard InChI is InChI=1S/C11H15BrS/c1-2-3-8-13-9-10-6-4-5-7-11(10)12/h4-7H,2-3,8-9H2,1H3. The number of halogens is 1. The van der Waals surface area contributed by atoms with E-state index in [0.717, 1.165) is 5.75 Å². The van der Waals surface area contributed by atoms with Gasteiger partial charge in [0.05, 0.1) is 0 Å². The van der Waals surface area contributed by atoms with Crippen molar-refractivity contribution in [1.29, 1.82) is 0 Å². The molecule has 0 amide bonds. The van der Waals surface area contributed by atoms with Crippen molar-refractivity contribution in [3.8, 4) is 0 Å². The van der Waals surface area contributed by atoms with Gasteiger partial charge < -0.3 is 0 Å². The highest BCUT2D eigenvalue weighted by molar-refractivity contribution is 9.10. The Morgan fingerprint density at radius 1 is 1.31 bits per heavy atom. The molecule has 1 rings (SSSR count). The molecule has 0 fully saturated rings. The Labute approximate surface area is 93.2 Å². The molecule has 0 aliphatic heterocycles. The van der Waals surface area contributed by atoms with Crippen molar-refractivity contribution in [2.24, 2.45) is 0 Å². The largest absolute Gasteiger partial charge is 0.157 e. The van der Waals surface area contributed by atoms with Crippen LogP contribution in [0.5, 0.6) is 0 Å². The second-order valence-electron chi connectivity index (χ2n) is 3.00. The lowest BCUT2D eigenvalue weighted by atomic mass is 10.2. The molecular formula is C11H15BrS. The molecule has 0 atom stereocenters. The van der Waals surface area contributed by atoms with Crippen LogP contribution in [0.25, 0.3) is 0 Å². The maximum Gasteiger partial charge on any atom is 0.0215 e. The van der Waals surface area contributed by atoms with Gasteiger partial charge in [0.25, 0.3) is 0 Å². The average molecular weight is 259 g/mol. The van der Waals surface area contributed by atoms with Gasteiger partial charge in [0.1, 0.15) is 0 Å². The molecule has 1 aromatic carbocycles. The summed E-state index contributed by atoms with van der Waals surface area (Å²) < 4.78 is 1.24. The maximum absolute atomic E-state index is 3.55. The Hall–Kier alpha value is 0.0500. The van der Waals surface area contributed by atoms with E-state index >= 15 is 0 Å². The summed E-state index contributed by atoms with van der Waals surface area (Å²) >= 11 is 5.57. The molecule has 1 aromatic rings. The van der Waals surface area contributed by atoms with E-state index in [4.69, 9.17) is 0 Å². The fourth-order valence-electron chi connectivity index (χ4n) is 1.04. The van der Waals surface area contributed by atoms with Gasteiger partial charge in [-0.2, -0.15) is 11.8 Å². The van der Waals surface area contributed by atoms with E-state index in [1.807, 2.05) is 11.8 Å². The van der Waals surface area contributed by atoms with Gasteiger partial charge in [-0.3, -0.25) is 0 Å². The molecule has 0 aliphatic rings. The monoisotopic (exact) mass is 258 g/mol. The molecule has 0 radical (unpaired) electrons. The van der Waals surface area contributed by atoms with E-state index in [1.165, 1.54) is 28.6 Å². The highest BCUT2D eigenvalue weighted by atomic mass is 79.9. The fourth-order valence-corrected chi connectivity index (χ4v) is 2.76. The predicted octanol–water partition coefficient (Wildman–Crippen LogP) is 4.48. The van der Waals surface area contributed by atoms with E-state index in [9.17, 15) is 0 Å². The third kappa shape index (κ3) is 4.19. The van der Waals surface area contributed by atoms with Gasteiger partial charge in [-0.15, -0.1) is 0 Å². The lowest BCUT2D eigenvalue weighted by Crippen LogP contribution is -1.84. The van der Waals surface area contributed by atoms with Crippen LogP contribution in [0.4, 0.5) is 0 Å². The van der Waals surface area contributed by atoms with E-state index < -0.39 is 0 Å². The zero-order valence-electron chi connectivity index (χ0n) is 7.92. The average Bonchev–Trinajstić information content (AvgIpc) is 2.15. The van der Waals surface area contributed by atoms with Crippen LogP contribution >= 0.6 is 27.7 Å². The normalized spacial score (nSPS) is 10.3. The first-order valence-electron chi connectivity index (χ1n) is 4.65. The van der Waals surface area contributed by atoms with E-state index in [-0.39, 0.29) is 0 Å². The first-order chi connectivity index (χ1) is 6.34. The lowest BCUT2D eigenvalue weighted by molar-refractivity contribution is 0.896. The summed E-state index contributed by atoms with van der Waals surface area (Å²) in [6.07, 6.45) is 2.62. The quantitative estimate of drug-likeness (QED) is 0.702. The van der Waals surface area contributed by atoms with Gasteiger partial charge >= 0.3 is 0 Å². The van der Waals surface area contributed by atoms with Gasteiger partial charge in [-0.05, 0) is 23.8 Å². The predicted molar refractivity (Wildman–Crippen MR) is 65.2 cm³/mol. The minimum absolute atomic E-state index is 1.13. The topological polar surface area (TPSA) is 0 Å². The molecule has 0 saturated carbocycles. The molecular weight excluding hydrogens is 244 g/mol. The molecule has 2 heteroatoms. The molecule has 0 heterocycles. The van der Waals surface area contributed by atoms with Gasteiger partial charge in [-0.25, -0.2) is 0 Å². The van der Waals surface area contributed by atoms with Crippen LogP contribution in [0.15, 0.2) is 28.7 Å². The van der Waals surface area contributed by atoms with Crippen molar-refractivity contribution in [3.63, 3.8) is 0 Å². The first-order valence-corrected chi connectivity index (χ1v) is 6.60. The molecule has 0 nitrogen and oxygen atoms in total. The maximum atomic E-state index is 3.55. The molecule has 0 aliphatic carbocycles. The molecule has 13 heavy (non-hydrogen) atoms.